The van der Waals surface area contributed by atoms with E-state index in [0.717, 1.165) is 47.7 Å². The number of hydrogen-bond acceptors (Lipinski definition) is 7. The number of aromatic nitrogens is 5. The molecule has 6 aromatic rings. The average Bonchev–Trinajstić information content (AvgIpc) is 3.53. The van der Waals surface area contributed by atoms with Gasteiger partial charge in [0.05, 0.1) is 22.7 Å². The molecule has 2 fully saturated rings. The van der Waals surface area contributed by atoms with E-state index in [1.165, 1.54) is 0 Å². The smallest absolute Gasteiger partial charge is 0.324 e. The SMILES string of the molecule is Cn1cnc2ccc(Oc3nc(N4CC5CCC(C4)N5)c4cnc(-c5cccc6cccc(Cl)c56)c(F)c4n3)cc21. The minimum atomic E-state index is -0.538. The molecule has 0 amide bonds. The average molecular weight is 566 g/mol. The van der Waals surface area contributed by atoms with Crippen LogP contribution in [0, 0.1) is 5.82 Å². The number of aryl methyl sites for hydroxylation is 1. The molecule has 0 radical (unpaired) electrons. The second-order valence-electron chi connectivity index (χ2n) is 10.8. The lowest BCUT2D eigenvalue weighted by Crippen LogP contribution is -2.51. The second kappa shape index (κ2) is 9.36. The molecule has 2 atom stereocenters. The first-order valence-corrected chi connectivity index (χ1v) is 14.0. The van der Waals surface area contributed by atoms with Gasteiger partial charge in [-0.25, -0.2) is 9.37 Å². The van der Waals surface area contributed by atoms with Gasteiger partial charge >= 0.3 is 6.01 Å². The van der Waals surface area contributed by atoms with E-state index in [9.17, 15) is 0 Å². The van der Waals surface area contributed by atoms with Crippen molar-refractivity contribution in [3.8, 4) is 23.0 Å². The maximum absolute atomic E-state index is 16.6. The quantitative estimate of drug-likeness (QED) is 0.270. The molecule has 2 aliphatic heterocycles. The monoisotopic (exact) mass is 565 g/mol. The molecule has 2 saturated heterocycles. The molecule has 1 N–H and O–H groups in total. The van der Waals surface area contributed by atoms with Gasteiger partial charge in [-0.3, -0.25) is 4.98 Å². The van der Waals surface area contributed by atoms with Crippen molar-refractivity contribution in [2.75, 3.05) is 18.0 Å². The third kappa shape index (κ3) is 4.07. The lowest BCUT2D eigenvalue weighted by molar-refractivity contribution is 0.437. The third-order valence-corrected chi connectivity index (χ3v) is 8.49. The molecule has 0 saturated carbocycles. The van der Waals surface area contributed by atoms with Crippen molar-refractivity contribution in [3.63, 3.8) is 0 Å². The Bertz CT molecular complexity index is 1980. The van der Waals surface area contributed by atoms with E-state index in [4.69, 9.17) is 21.3 Å². The zero-order valence-corrected chi connectivity index (χ0v) is 22.9. The first-order chi connectivity index (χ1) is 20.0. The zero-order valence-electron chi connectivity index (χ0n) is 22.2. The number of nitrogens with one attached hydrogen (secondary N) is 1. The van der Waals surface area contributed by atoms with Crippen molar-refractivity contribution >= 4 is 50.1 Å². The largest absolute Gasteiger partial charge is 0.424 e. The minimum Gasteiger partial charge on any atom is -0.424 e. The van der Waals surface area contributed by atoms with Crippen molar-refractivity contribution < 1.29 is 9.13 Å². The van der Waals surface area contributed by atoms with Gasteiger partial charge in [0.25, 0.3) is 0 Å². The number of rotatable bonds is 4. The van der Waals surface area contributed by atoms with Crippen LogP contribution in [0.1, 0.15) is 12.8 Å². The van der Waals surface area contributed by atoms with Crippen LogP contribution in [-0.2, 0) is 7.05 Å². The predicted octanol–water partition coefficient (Wildman–Crippen LogP) is 6.26. The third-order valence-electron chi connectivity index (χ3n) is 8.17. The van der Waals surface area contributed by atoms with Gasteiger partial charge in [-0.2, -0.15) is 9.97 Å². The Morgan fingerprint density at radius 1 is 1.00 bits per heavy atom. The van der Waals surface area contributed by atoms with Crippen LogP contribution in [0.3, 0.4) is 0 Å². The Balaban J connectivity index is 1.31. The summed E-state index contributed by atoms with van der Waals surface area (Å²) < 4.78 is 24.7. The summed E-state index contributed by atoms with van der Waals surface area (Å²) >= 11 is 6.59. The van der Waals surface area contributed by atoms with Crippen molar-refractivity contribution in [1.82, 2.24) is 29.8 Å². The maximum atomic E-state index is 16.6. The summed E-state index contributed by atoms with van der Waals surface area (Å²) in [6.45, 7) is 1.54. The summed E-state index contributed by atoms with van der Waals surface area (Å²) in [6, 6.07) is 17.7. The molecule has 10 heteroatoms. The second-order valence-corrected chi connectivity index (χ2v) is 11.2. The van der Waals surface area contributed by atoms with Crippen LogP contribution < -0.4 is 15.0 Å². The predicted molar refractivity (Wildman–Crippen MR) is 158 cm³/mol. The fourth-order valence-electron chi connectivity index (χ4n) is 6.23. The van der Waals surface area contributed by atoms with Gasteiger partial charge in [0.15, 0.2) is 5.82 Å². The molecule has 41 heavy (non-hydrogen) atoms. The van der Waals surface area contributed by atoms with E-state index in [1.807, 2.05) is 60.1 Å². The first-order valence-electron chi connectivity index (χ1n) is 13.7. The Morgan fingerprint density at radius 2 is 1.80 bits per heavy atom. The fraction of sp³-hybridized carbons (Fsp3) is 0.226. The van der Waals surface area contributed by atoms with E-state index in [-0.39, 0.29) is 17.2 Å². The number of hydrogen-bond donors (Lipinski definition) is 1. The number of anilines is 1. The highest BCUT2D eigenvalue weighted by atomic mass is 35.5. The molecular weight excluding hydrogens is 541 g/mol. The molecule has 8 nitrogen and oxygen atoms in total. The van der Waals surface area contributed by atoms with Crippen molar-refractivity contribution in [1.29, 1.82) is 0 Å². The molecule has 3 aromatic heterocycles. The molecule has 5 heterocycles. The summed E-state index contributed by atoms with van der Waals surface area (Å²) in [5, 5.41) is 6.39. The van der Waals surface area contributed by atoms with Crippen LogP contribution in [0.15, 0.2) is 67.1 Å². The molecule has 0 spiro atoms. The maximum Gasteiger partial charge on any atom is 0.324 e. The van der Waals surface area contributed by atoms with Crippen LogP contribution >= 0.6 is 11.6 Å². The summed E-state index contributed by atoms with van der Waals surface area (Å²) in [4.78, 5) is 20.6. The molecule has 0 aliphatic carbocycles. The minimum absolute atomic E-state index is 0.0758. The van der Waals surface area contributed by atoms with E-state index >= 15 is 4.39 Å². The number of pyridine rings is 1. The van der Waals surface area contributed by atoms with Gasteiger partial charge < -0.3 is 19.5 Å². The summed E-state index contributed by atoms with van der Waals surface area (Å²) in [6.07, 6.45) is 5.64. The Labute approximate surface area is 239 Å². The molecular formula is C31H25ClFN7O. The van der Waals surface area contributed by atoms with E-state index in [2.05, 4.69) is 25.2 Å². The van der Waals surface area contributed by atoms with Crippen molar-refractivity contribution in [3.05, 3.63) is 78.0 Å². The van der Waals surface area contributed by atoms with Crippen LogP contribution in [0.25, 0.3) is 44.0 Å². The lowest BCUT2D eigenvalue weighted by Gasteiger charge is -2.34. The topological polar surface area (TPSA) is 81.0 Å². The highest BCUT2D eigenvalue weighted by Crippen LogP contribution is 2.38. The van der Waals surface area contributed by atoms with E-state index < -0.39 is 5.82 Å². The highest BCUT2D eigenvalue weighted by molar-refractivity contribution is 6.36. The normalized spacial score (nSPS) is 18.6. The Hall–Kier alpha value is -4.34. The van der Waals surface area contributed by atoms with E-state index in [1.54, 1.807) is 18.6 Å². The molecule has 2 bridgehead atoms. The molecule has 2 unspecified atom stereocenters. The van der Waals surface area contributed by atoms with Gasteiger partial charge in [0.2, 0.25) is 0 Å². The van der Waals surface area contributed by atoms with Gasteiger partial charge in [-0.1, -0.05) is 41.9 Å². The van der Waals surface area contributed by atoms with Gasteiger partial charge in [-0.15, -0.1) is 0 Å². The summed E-state index contributed by atoms with van der Waals surface area (Å²) in [5.41, 5.74) is 2.71. The number of ether oxygens (including phenoxy) is 1. The number of piperazine rings is 1. The number of benzene rings is 3. The standard InChI is InChI=1S/C31H25ClFN7O/c1-39-16-35-24-11-10-20(12-25(24)39)41-31-37-29-22(30(38-31)40-14-18-8-9-19(15-40)36-18)13-34-28(27(29)33)21-6-2-4-17-5-3-7-23(32)26(17)21/h2-7,10-13,16,18-19,36H,8-9,14-15H2,1H3. The molecule has 8 rings (SSSR count). The van der Waals surface area contributed by atoms with Crippen LogP contribution in [0.2, 0.25) is 5.02 Å². The van der Waals surface area contributed by atoms with Crippen molar-refractivity contribution in [2.24, 2.45) is 7.05 Å². The van der Waals surface area contributed by atoms with Crippen molar-refractivity contribution in [2.45, 2.75) is 24.9 Å². The molecule has 204 valence electrons. The van der Waals surface area contributed by atoms with Gasteiger partial charge in [-0.05, 0) is 36.4 Å². The first kappa shape index (κ1) is 24.5. The Morgan fingerprint density at radius 3 is 2.63 bits per heavy atom. The van der Waals surface area contributed by atoms with Crippen LogP contribution in [0.4, 0.5) is 10.2 Å². The summed E-state index contributed by atoms with van der Waals surface area (Å²) in [7, 11) is 1.92. The van der Waals surface area contributed by atoms with Gasteiger partial charge in [0, 0.05) is 60.5 Å². The lowest BCUT2D eigenvalue weighted by atomic mass is 10.0. The zero-order chi connectivity index (χ0) is 27.7. The number of fused-ring (bicyclic) bond motifs is 5. The number of nitrogens with zero attached hydrogens (tertiary/aromatic N) is 6. The van der Waals surface area contributed by atoms with Crippen LogP contribution in [-0.4, -0.2) is 49.7 Å². The number of imidazole rings is 1. The molecule has 2 aliphatic rings. The fourth-order valence-corrected chi connectivity index (χ4v) is 6.52. The molecule has 3 aromatic carbocycles. The summed E-state index contributed by atoms with van der Waals surface area (Å²) in [5.74, 6) is 0.629. The van der Waals surface area contributed by atoms with E-state index in [0.29, 0.717) is 39.6 Å². The Kier molecular flexibility index (Phi) is 5.58. The van der Waals surface area contributed by atoms with Gasteiger partial charge in [0.1, 0.15) is 22.8 Å². The highest BCUT2D eigenvalue weighted by Gasteiger charge is 2.34. The van der Waals surface area contributed by atoms with Crippen LogP contribution in [0.5, 0.6) is 11.8 Å². The number of halogens is 2.